The predicted molar refractivity (Wildman–Crippen MR) is 263 cm³/mol. The zero-order chi connectivity index (χ0) is 45.1. The van der Waals surface area contributed by atoms with Gasteiger partial charge in [0, 0.05) is 23.0 Å². The minimum Gasteiger partial charge on any atom is -0.481 e. The second-order valence-corrected chi connectivity index (χ2v) is 19.6. The summed E-state index contributed by atoms with van der Waals surface area (Å²) < 4.78 is 10.7. The van der Waals surface area contributed by atoms with Crippen LogP contribution in [-0.2, 0) is 28.7 Å². The second kappa shape index (κ2) is 52.9. The minimum absolute atomic E-state index is 0.107. The lowest BCUT2D eigenvalue weighted by Crippen LogP contribution is -2.16. The van der Waals surface area contributed by atoms with Crippen molar-refractivity contribution >= 4 is 47.4 Å². The van der Waals surface area contributed by atoms with Crippen molar-refractivity contribution in [2.24, 2.45) is 5.92 Å². The molecule has 0 aromatic carbocycles. The van der Waals surface area contributed by atoms with E-state index >= 15 is 0 Å². The Morgan fingerprint density at radius 1 is 0.393 bits per heavy atom. The fourth-order valence-corrected chi connectivity index (χ4v) is 9.09. The minimum atomic E-state index is -0.820. The largest absolute Gasteiger partial charge is 0.481 e. The third-order valence-corrected chi connectivity index (χ3v) is 13.3. The standard InChI is InChI=1S/C32H62O4S.C19H36O4S/c1-3-5-7-9-11-13-15-17-19-21-23-27-35-31(33)25-29-37-30-26-32(34)36-28-24-22-20-18-16-14-12-10-8-6-4-2;1-2-3-4-5-6-7-8-9-10-11-12-13-17(19(22)23)16-24-15-14-18(20)21/h3-30H2,1-2H3;17H,2-16H2,1H3,(H,20,21)(H,22,23). The highest BCUT2D eigenvalue weighted by Crippen LogP contribution is 2.19. The SMILES string of the molecule is CCCCCCCCCCCCCC(CSCCC(=O)O)C(=O)O.CCCCCCCCCCCCCOC(=O)CCSCCC(=O)OCCCCCCCCCCCCC. The lowest BCUT2D eigenvalue weighted by Gasteiger charge is -2.11. The molecular weight excluding hydrogens is 805 g/mol. The van der Waals surface area contributed by atoms with Crippen molar-refractivity contribution < 1.29 is 38.9 Å². The number of carboxylic acids is 2. The van der Waals surface area contributed by atoms with Crippen LogP contribution < -0.4 is 0 Å². The van der Waals surface area contributed by atoms with Crippen molar-refractivity contribution in [3.8, 4) is 0 Å². The average Bonchev–Trinajstić information content (AvgIpc) is 3.24. The van der Waals surface area contributed by atoms with Gasteiger partial charge in [0.15, 0.2) is 0 Å². The van der Waals surface area contributed by atoms with Gasteiger partial charge in [0.2, 0.25) is 0 Å². The van der Waals surface area contributed by atoms with Crippen molar-refractivity contribution in [1.29, 1.82) is 0 Å². The van der Waals surface area contributed by atoms with E-state index in [-0.39, 0.29) is 24.3 Å². The highest BCUT2D eigenvalue weighted by Gasteiger charge is 2.17. The normalized spacial score (nSPS) is 11.5. The third kappa shape index (κ3) is 54.6. The van der Waals surface area contributed by atoms with E-state index in [1.807, 2.05) is 0 Å². The first-order chi connectivity index (χ1) is 29.8. The Hall–Kier alpha value is -1.42. The van der Waals surface area contributed by atoms with Crippen molar-refractivity contribution in [2.75, 3.05) is 36.2 Å². The molecule has 2 N–H and O–H groups in total. The van der Waals surface area contributed by atoms with E-state index in [0.29, 0.717) is 55.5 Å². The number of rotatable bonds is 48. The quantitative estimate of drug-likeness (QED) is 0.0450. The number of carboxylic acid groups (broad SMARTS) is 2. The van der Waals surface area contributed by atoms with Gasteiger partial charge in [-0.3, -0.25) is 19.2 Å². The van der Waals surface area contributed by atoms with Gasteiger partial charge in [0.05, 0.1) is 38.4 Å². The average molecular weight is 903 g/mol. The van der Waals surface area contributed by atoms with Crippen LogP contribution in [0.15, 0.2) is 0 Å². The van der Waals surface area contributed by atoms with Crippen LogP contribution in [0.25, 0.3) is 0 Å². The lowest BCUT2D eigenvalue weighted by atomic mass is 10.0. The molecule has 0 amide bonds. The van der Waals surface area contributed by atoms with Crippen LogP contribution in [-0.4, -0.2) is 70.3 Å². The molecule has 1 atom stereocenters. The van der Waals surface area contributed by atoms with Crippen LogP contribution in [0, 0.1) is 5.92 Å². The predicted octanol–water partition coefficient (Wildman–Crippen LogP) is 15.8. The summed E-state index contributed by atoms with van der Waals surface area (Å²) in [4.78, 5) is 45.3. The summed E-state index contributed by atoms with van der Waals surface area (Å²) in [5, 5.41) is 17.8. The molecular formula is C51H98O8S2. The Morgan fingerprint density at radius 3 is 1.00 bits per heavy atom. The molecule has 0 aliphatic rings. The summed E-state index contributed by atoms with van der Waals surface area (Å²) in [6.45, 7) is 7.86. The number of unbranched alkanes of at least 4 members (excludes halogenated alkanes) is 30. The molecule has 61 heavy (non-hydrogen) atoms. The van der Waals surface area contributed by atoms with E-state index in [9.17, 15) is 24.3 Å². The Labute approximate surface area is 385 Å². The number of esters is 2. The highest BCUT2D eigenvalue weighted by molar-refractivity contribution is 7.99. The smallest absolute Gasteiger partial charge is 0.307 e. The Morgan fingerprint density at radius 2 is 0.689 bits per heavy atom. The van der Waals surface area contributed by atoms with E-state index in [4.69, 9.17) is 14.6 Å². The number of hydrogen-bond acceptors (Lipinski definition) is 8. The molecule has 0 spiro atoms. The topological polar surface area (TPSA) is 127 Å². The van der Waals surface area contributed by atoms with Gasteiger partial charge < -0.3 is 19.7 Å². The Bertz CT molecular complexity index is 907. The second-order valence-electron chi connectivity index (χ2n) is 17.2. The molecule has 0 bridgehead atoms. The summed E-state index contributed by atoms with van der Waals surface area (Å²) in [6.07, 6.45) is 44.1. The molecule has 0 radical (unpaired) electrons. The lowest BCUT2D eigenvalue weighted by molar-refractivity contribution is -0.144. The van der Waals surface area contributed by atoms with Gasteiger partial charge in [-0.15, -0.1) is 0 Å². The molecule has 0 aromatic heterocycles. The summed E-state index contributed by atoms with van der Waals surface area (Å²) >= 11 is 3.07. The molecule has 0 rings (SSSR count). The van der Waals surface area contributed by atoms with E-state index < -0.39 is 11.9 Å². The van der Waals surface area contributed by atoms with E-state index in [2.05, 4.69) is 20.8 Å². The molecule has 0 fully saturated rings. The van der Waals surface area contributed by atoms with Crippen LogP contribution in [0.4, 0.5) is 0 Å². The molecule has 0 saturated heterocycles. The molecule has 0 heterocycles. The van der Waals surface area contributed by atoms with Crippen molar-refractivity contribution in [2.45, 2.75) is 258 Å². The van der Waals surface area contributed by atoms with Gasteiger partial charge >= 0.3 is 23.9 Å². The van der Waals surface area contributed by atoms with Crippen LogP contribution >= 0.6 is 23.5 Å². The molecule has 0 aromatic rings. The van der Waals surface area contributed by atoms with Gasteiger partial charge in [0.1, 0.15) is 0 Å². The first kappa shape index (κ1) is 61.7. The monoisotopic (exact) mass is 903 g/mol. The zero-order valence-corrected chi connectivity index (χ0v) is 41.8. The number of carbonyl (C=O) groups excluding carboxylic acids is 2. The zero-order valence-electron chi connectivity index (χ0n) is 40.1. The van der Waals surface area contributed by atoms with Crippen molar-refractivity contribution in [3.63, 3.8) is 0 Å². The van der Waals surface area contributed by atoms with Gasteiger partial charge in [0.25, 0.3) is 0 Å². The Kier molecular flexibility index (Phi) is 53.5. The summed E-state index contributed by atoms with van der Waals surface area (Å²) in [6, 6.07) is 0. The summed E-state index contributed by atoms with van der Waals surface area (Å²) in [7, 11) is 0. The molecule has 362 valence electrons. The maximum Gasteiger partial charge on any atom is 0.307 e. The molecule has 1 unspecified atom stereocenters. The summed E-state index contributed by atoms with van der Waals surface area (Å²) in [5.74, 6) is 0.327. The van der Waals surface area contributed by atoms with Gasteiger partial charge in [-0.05, 0) is 19.3 Å². The van der Waals surface area contributed by atoms with Crippen LogP contribution in [0.2, 0.25) is 0 Å². The molecule has 10 heteroatoms. The first-order valence-electron chi connectivity index (χ1n) is 25.7. The van der Waals surface area contributed by atoms with E-state index in [1.54, 1.807) is 11.8 Å². The van der Waals surface area contributed by atoms with Gasteiger partial charge in [-0.2, -0.15) is 23.5 Å². The number of thioether (sulfide) groups is 2. The highest BCUT2D eigenvalue weighted by atomic mass is 32.2. The maximum absolute atomic E-state index is 11.8. The molecule has 0 aliphatic carbocycles. The molecule has 0 aliphatic heterocycles. The van der Waals surface area contributed by atoms with Crippen molar-refractivity contribution in [1.82, 2.24) is 0 Å². The fraction of sp³-hybridized carbons (Fsp3) is 0.922. The summed E-state index contributed by atoms with van der Waals surface area (Å²) in [5.41, 5.74) is 0. The van der Waals surface area contributed by atoms with Crippen LogP contribution in [0.1, 0.15) is 258 Å². The first-order valence-corrected chi connectivity index (χ1v) is 28.0. The molecule has 0 saturated carbocycles. The number of aliphatic carboxylic acids is 2. The fourth-order valence-electron chi connectivity index (χ4n) is 7.18. The van der Waals surface area contributed by atoms with Crippen LogP contribution in [0.5, 0.6) is 0 Å². The Balaban J connectivity index is 0. The van der Waals surface area contributed by atoms with E-state index in [0.717, 1.165) is 38.5 Å². The van der Waals surface area contributed by atoms with Crippen LogP contribution in [0.3, 0.4) is 0 Å². The molecule has 8 nitrogen and oxygen atoms in total. The maximum atomic E-state index is 11.8. The number of carbonyl (C=O) groups is 4. The number of hydrogen-bond donors (Lipinski definition) is 2. The van der Waals surface area contributed by atoms with Gasteiger partial charge in [-0.25, -0.2) is 0 Å². The van der Waals surface area contributed by atoms with E-state index in [1.165, 1.54) is 185 Å². The van der Waals surface area contributed by atoms with Crippen molar-refractivity contribution in [3.05, 3.63) is 0 Å². The van der Waals surface area contributed by atoms with Gasteiger partial charge in [-0.1, -0.05) is 220 Å². The number of ether oxygens (including phenoxy) is 2. The third-order valence-electron chi connectivity index (χ3n) is 11.2.